The summed E-state index contributed by atoms with van der Waals surface area (Å²) in [6.07, 6.45) is 4.13. The molecule has 3 N–H and O–H groups in total. The van der Waals surface area contributed by atoms with E-state index in [1.807, 2.05) is 0 Å². The number of ether oxygens (including phenoxy) is 1. The lowest BCUT2D eigenvalue weighted by atomic mass is 10.0. The van der Waals surface area contributed by atoms with Crippen LogP contribution in [0.25, 0.3) is 0 Å². The SMILES string of the molecule is NC1(COCC(=O)Nc2cccc(F)c2)CCCC1. The van der Waals surface area contributed by atoms with Crippen molar-refractivity contribution in [1.82, 2.24) is 0 Å². The predicted molar refractivity (Wildman–Crippen MR) is 71.2 cm³/mol. The van der Waals surface area contributed by atoms with E-state index in [4.69, 9.17) is 10.5 Å². The van der Waals surface area contributed by atoms with E-state index in [0.717, 1.165) is 25.7 Å². The fraction of sp³-hybridized carbons (Fsp3) is 0.500. The van der Waals surface area contributed by atoms with Gasteiger partial charge in [-0.25, -0.2) is 4.39 Å². The Bertz CT molecular complexity index is 445. The van der Waals surface area contributed by atoms with Crippen LogP contribution in [0.5, 0.6) is 0 Å². The van der Waals surface area contributed by atoms with Crippen LogP contribution in [0.15, 0.2) is 24.3 Å². The first-order valence-corrected chi connectivity index (χ1v) is 6.49. The minimum Gasteiger partial charge on any atom is -0.370 e. The first kappa shape index (κ1) is 14.0. The van der Waals surface area contributed by atoms with E-state index in [0.29, 0.717) is 12.3 Å². The second-order valence-corrected chi connectivity index (χ2v) is 5.12. The number of hydrogen-bond acceptors (Lipinski definition) is 3. The molecule has 1 aromatic carbocycles. The fourth-order valence-electron chi connectivity index (χ4n) is 2.33. The van der Waals surface area contributed by atoms with E-state index in [2.05, 4.69) is 5.32 Å². The Labute approximate surface area is 112 Å². The van der Waals surface area contributed by atoms with Crippen LogP contribution in [0.1, 0.15) is 25.7 Å². The molecular weight excluding hydrogens is 247 g/mol. The quantitative estimate of drug-likeness (QED) is 0.857. The van der Waals surface area contributed by atoms with Gasteiger partial charge in [0.1, 0.15) is 12.4 Å². The van der Waals surface area contributed by atoms with E-state index in [-0.39, 0.29) is 23.9 Å². The van der Waals surface area contributed by atoms with Crippen LogP contribution in [0.4, 0.5) is 10.1 Å². The highest BCUT2D eigenvalue weighted by atomic mass is 19.1. The summed E-state index contributed by atoms with van der Waals surface area (Å²) in [6.45, 7) is 0.332. The predicted octanol–water partition coefficient (Wildman–Crippen LogP) is 2.05. The average molecular weight is 266 g/mol. The molecule has 4 nitrogen and oxygen atoms in total. The van der Waals surface area contributed by atoms with Gasteiger partial charge in [0, 0.05) is 11.2 Å². The molecule has 0 bridgehead atoms. The molecule has 0 radical (unpaired) electrons. The molecule has 0 saturated heterocycles. The number of benzene rings is 1. The molecule has 0 aliphatic heterocycles. The van der Waals surface area contributed by atoms with E-state index in [1.54, 1.807) is 12.1 Å². The molecule has 2 rings (SSSR count). The molecule has 0 spiro atoms. The number of carbonyl (C=O) groups is 1. The zero-order chi connectivity index (χ0) is 13.7. The number of halogens is 1. The summed E-state index contributed by atoms with van der Waals surface area (Å²) < 4.78 is 18.3. The lowest BCUT2D eigenvalue weighted by Gasteiger charge is -2.22. The maximum atomic E-state index is 12.9. The van der Waals surface area contributed by atoms with Crippen molar-refractivity contribution >= 4 is 11.6 Å². The Morgan fingerprint density at radius 3 is 2.84 bits per heavy atom. The summed E-state index contributed by atoms with van der Waals surface area (Å²) >= 11 is 0. The van der Waals surface area contributed by atoms with Crippen molar-refractivity contribution in [2.24, 2.45) is 5.73 Å². The average Bonchev–Trinajstić information content (AvgIpc) is 2.76. The molecule has 5 heteroatoms. The molecule has 1 fully saturated rings. The maximum Gasteiger partial charge on any atom is 0.250 e. The zero-order valence-electron chi connectivity index (χ0n) is 10.8. The number of rotatable bonds is 5. The summed E-state index contributed by atoms with van der Waals surface area (Å²) in [4.78, 5) is 11.6. The van der Waals surface area contributed by atoms with E-state index >= 15 is 0 Å². The molecular formula is C14H19FN2O2. The molecule has 19 heavy (non-hydrogen) atoms. The summed E-state index contributed by atoms with van der Waals surface area (Å²) in [5, 5.41) is 2.58. The minimum atomic E-state index is -0.384. The Balaban J connectivity index is 1.73. The van der Waals surface area contributed by atoms with Crippen LogP contribution in [-0.2, 0) is 9.53 Å². The van der Waals surface area contributed by atoms with E-state index < -0.39 is 0 Å². The Morgan fingerprint density at radius 2 is 2.16 bits per heavy atom. The third kappa shape index (κ3) is 4.29. The number of carbonyl (C=O) groups excluding carboxylic acids is 1. The highest BCUT2D eigenvalue weighted by Gasteiger charge is 2.29. The monoisotopic (exact) mass is 266 g/mol. The largest absolute Gasteiger partial charge is 0.370 e. The molecule has 0 unspecified atom stereocenters. The molecule has 1 saturated carbocycles. The van der Waals surface area contributed by atoms with Crippen LogP contribution < -0.4 is 11.1 Å². The second kappa shape index (κ2) is 6.12. The maximum absolute atomic E-state index is 12.9. The Morgan fingerprint density at radius 1 is 1.42 bits per heavy atom. The standard InChI is InChI=1S/C14H19FN2O2/c15-11-4-3-5-12(8-11)17-13(18)9-19-10-14(16)6-1-2-7-14/h3-5,8H,1-2,6-7,9-10,16H2,(H,17,18). The van der Waals surface area contributed by atoms with Gasteiger partial charge in [0.05, 0.1) is 6.61 Å². The molecule has 0 heterocycles. The van der Waals surface area contributed by atoms with Gasteiger partial charge in [0.25, 0.3) is 0 Å². The zero-order valence-corrected chi connectivity index (χ0v) is 10.8. The summed E-state index contributed by atoms with van der Waals surface area (Å²) in [5.74, 6) is -0.683. The van der Waals surface area contributed by atoms with Crippen LogP contribution in [0.2, 0.25) is 0 Å². The van der Waals surface area contributed by atoms with Crippen LogP contribution in [0.3, 0.4) is 0 Å². The van der Waals surface area contributed by atoms with Crippen molar-refractivity contribution in [2.75, 3.05) is 18.5 Å². The number of anilines is 1. The molecule has 1 amide bonds. The van der Waals surface area contributed by atoms with Crippen LogP contribution in [0, 0.1) is 5.82 Å². The van der Waals surface area contributed by atoms with Crippen molar-refractivity contribution in [1.29, 1.82) is 0 Å². The van der Waals surface area contributed by atoms with Gasteiger partial charge in [0.15, 0.2) is 0 Å². The van der Waals surface area contributed by atoms with Crippen LogP contribution >= 0.6 is 0 Å². The number of nitrogens with one attached hydrogen (secondary N) is 1. The Hall–Kier alpha value is -1.46. The first-order valence-electron chi connectivity index (χ1n) is 6.49. The van der Waals surface area contributed by atoms with Crippen molar-refractivity contribution in [2.45, 2.75) is 31.2 Å². The van der Waals surface area contributed by atoms with Gasteiger partial charge in [-0.05, 0) is 31.0 Å². The van der Waals surface area contributed by atoms with E-state index in [1.165, 1.54) is 12.1 Å². The molecule has 104 valence electrons. The first-order chi connectivity index (χ1) is 9.07. The van der Waals surface area contributed by atoms with Crippen molar-refractivity contribution < 1.29 is 13.9 Å². The minimum absolute atomic E-state index is 0.0601. The number of nitrogens with two attached hydrogens (primary N) is 1. The summed E-state index contributed by atoms with van der Waals surface area (Å²) in [7, 11) is 0. The van der Waals surface area contributed by atoms with Crippen molar-refractivity contribution in [3.63, 3.8) is 0 Å². The van der Waals surface area contributed by atoms with Gasteiger partial charge >= 0.3 is 0 Å². The third-order valence-corrected chi connectivity index (χ3v) is 3.33. The van der Waals surface area contributed by atoms with Gasteiger partial charge in [-0.2, -0.15) is 0 Å². The van der Waals surface area contributed by atoms with E-state index in [9.17, 15) is 9.18 Å². The Kier molecular flexibility index (Phi) is 4.50. The molecule has 1 aromatic rings. The van der Waals surface area contributed by atoms with Gasteiger partial charge in [-0.3, -0.25) is 4.79 Å². The van der Waals surface area contributed by atoms with Gasteiger partial charge in [-0.15, -0.1) is 0 Å². The van der Waals surface area contributed by atoms with Crippen LogP contribution in [-0.4, -0.2) is 24.7 Å². The van der Waals surface area contributed by atoms with Gasteiger partial charge in [0.2, 0.25) is 5.91 Å². The lowest BCUT2D eigenvalue weighted by molar-refractivity contribution is -0.121. The lowest BCUT2D eigenvalue weighted by Crippen LogP contribution is -2.42. The highest BCUT2D eigenvalue weighted by molar-refractivity contribution is 5.91. The third-order valence-electron chi connectivity index (χ3n) is 3.33. The second-order valence-electron chi connectivity index (χ2n) is 5.12. The van der Waals surface area contributed by atoms with Crippen molar-refractivity contribution in [3.8, 4) is 0 Å². The fourth-order valence-corrected chi connectivity index (χ4v) is 2.33. The molecule has 1 aliphatic carbocycles. The molecule has 0 atom stereocenters. The molecule has 0 aromatic heterocycles. The van der Waals surface area contributed by atoms with Gasteiger partial charge < -0.3 is 15.8 Å². The molecule has 1 aliphatic rings. The normalized spacial score (nSPS) is 17.4. The number of hydrogen-bond donors (Lipinski definition) is 2. The van der Waals surface area contributed by atoms with Crippen molar-refractivity contribution in [3.05, 3.63) is 30.1 Å². The highest BCUT2D eigenvalue weighted by Crippen LogP contribution is 2.27. The topological polar surface area (TPSA) is 64.3 Å². The summed E-state index contributed by atoms with van der Waals surface area (Å²) in [5.41, 5.74) is 6.26. The number of amides is 1. The summed E-state index contributed by atoms with van der Waals surface area (Å²) in [6, 6.07) is 5.76. The smallest absolute Gasteiger partial charge is 0.250 e. The van der Waals surface area contributed by atoms with Gasteiger partial charge in [-0.1, -0.05) is 18.9 Å².